The van der Waals surface area contributed by atoms with Gasteiger partial charge in [0, 0.05) is 13.5 Å². The second-order valence-corrected chi connectivity index (χ2v) is 9.11. The van der Waals surface area contributed by atoms with E-state index in [9.17, 15) is 4.79 Å². The van der Waals surface area contributed by atoms with E-state index in [1.165, 1.54) is 116 Å². The summed E-state index contributed by atoms with van der Waals surface area (Å²) in [5, 5.41) is 8.63. The summed E-state index contributed by atoms with van der Waals surface area (Å²) < 4.78 is 4.82. The van der Waals surface area contributed by atoms with E-state index in [0.29, 0.717) is 13.2 Å². The van der Waals surface area contributed by atoms with E-state index in [4.69, 9.17) is 9.84 Å². The number of rotatable bonds is 23. The minimum absolute atomic E-state index is 0.190. The minimum Gasteiger partial charge on any atom is -0.466 e. The highest BCUT2D eigenvalue weighted by molar-refractivity contribution is 5.65. The molecule has 0 aromatic carbocycles. The molecule has 0 aliphatic rings. The first kappa shape index (κ1) is 34.1. The van der Waals surface area contributed by atoms with Crippen LogP contribution in [-0.2, 0) is 9.53 Å². The van der Waals surface area contributed by atoms with Crippen molar-refractivity contribution >= 4 is 5.97 Å². The third kappa shape index (κ3) is 38.5. The maximum Gasteiger partial charge on any atom is 0.302 e. The first-order valence-electron chi connectivity index (χ1n) is 14.2. The molecule has 33 heavy (non-hydrogen) atoms. The van der Waals surface area contributed by atoms with Gasteiger partial charge in [-0.25, -0.2) is 0 Å². The van der Waals surface area contributed by atoms with Crippen LogP contribution in [0.15, 0.2) is 24.3 Å². The van der Waals surface area contributed by atoms with Gasteiger partial charge in [0.1, 0.15) is 0 Å². The Balaban J connectivity index is 0. The van der Waals surface area contributed by atoms with Crippen molar-refractivity contribution in [2.45, 2.75) is 149 Å². The number of aliphatic hydroxyl groups is 1. The van der Waals surface area contributed by atoms with Gasteiger partial charge in [0.2, 0.25) is 0 Å². The van der Waals surface area contributed by atoms with Crippen molar-refractivity contribution in [1.29, 1.82) is 0 Å². The third-order valence-electron chi connectivity index (χ3n) is 5.65. The Labute approximate surface area is 207 Å². The molecule has 0 aliphatic carbocycles. The van der Waals surface area contributed by atoms with E-state index in [-0.39, 0.29) is 5.97 Å². The smallest absolute Gasteiger partial charge is 0.302 e. The highest BCUT2D eigenvalue weighted by Crippen LogP contribution is 2.09. The molecule has 0 heterocycles. The van der Waals surface area contributed by atoms with Crippen molar-refractivity contribution in [1.82, 2.24) is 0 Å². The average molecular weight is 467 g/mol. The number of unbranched alkanes of at least 4 members (excludes halogenated alkanes) is 16. The van der Waals surface area contributed by atoms with Crippen molar-refractivity contribution in [3.8, 4) is 0 Å². The lowest BCUT2D eigenvalue weighted by Gasteiger charge is -1.98. The van der Waals surface area contributed by atoms with Crippen molar-refractivity contribution < 1.29 is 14.6 Å². The molecule has 3 heteroatoms. The Hall–Kier alpha value is -1.09. The van der Waals surface area contributed by atoms with Crippen LogP contribution in [0.1, 0.15) is 149 Å². The van der Waals surface area contributed by atoms with Crippen LogP contribution in [0.5, 0.6) is 0 Å². The Morgan fingerprint density at radius 2 is 0.939 bits per heavy atom. The number of ether oxygens (including phenoxy) is 1. The van der Waals surface area contributed by atoms with E-state index in [1.54, 1.807) is 0 Å². The molecule has 0 amide bonds. The molecule has 0 radical (unpaired) electrons. The number of allylic oxidation sites excluding steroid dienone is 3. The summed E-state index contributed by atoms with van der Waals surface area (Å²) in [4.78, 5) is 10.5. The van der Waals surface area contributed by atoms with Gasteiger partial charge < -0.3 is 9.84 Å². The minimum atomic E-state index is -0.190. The summed E-state index contributed by atoms with van der Waals surface area (Å²) >= 11 is 0. The lowest BCUT2D eigenvalue weighted by atomic mass is 10.1. The Bertz CT molecular complexity index is 415. The predicted octanol–water partition coefficient (Wildman–Crippen LogP) is 9.48. The number of aliphatic hydroxyl groups excluding tert-OH is 1. The maximum atomic E-state index is 10.5. The quantitative estimate of drug-likeness (QED) is 0.0926. The highest BCUT2D eigenvalue weighted by Gasteiger charge is 1.91. The third-order valence-corrected chi connectivity index (χ3v) is 5.65. The van der Waals surface area contributed by atoms with Gasteiger partial charge in [-0.1, -0.05) is 115 Å². The summed E-state index contributed by atoms with van der Waals surface area (Å²) in [6, 6.07) is 0. The molecule has 1 N–H and O–H groups in total. The van der Waals surface area contributed by atoms with Gasteiger partial charge in [0.25, 0.3) is 0 Å². The van der Waals surface area contributed by atoms with Crippen LogP contribution in [0, 0.1) is 0 Å². The van der Waals surface area contributed by atoms with Crippen LogP contribution in [0.2, 0.25) is 0 Å². The van der Waals surface area contributed by atoms with Crippen LogP contribution in [0.25, 0.3) is 0 Å². The molecule has 0 spiro atoms. The molecule has 0 rings (SSSR count). The van der Waals surface area contributed by atoms with E-state index < -0.39 is 0 Å². The predicted molar refractivity (Wildman–Crippen MR) is 146 cm³/mol. The van der Waals surface area contributed by atoms with Crippen LogP contribution in [-0.4, -0.2) is 24.3 Å². The molecule has 0 bridgehead atoms. The highest BCUT2D eigenvalue weighted by atomic mass is 16.5. The van der Waals surface area contributed by atoms with E-state index in [1.807, 2.05) is 0 Å². The molecular formula is C30H58O3. The first-order valence-corrected chi connectivity index (χ1v) is 14.2. The van der Waals surface area contributed by atoms with Gasteiger partial charge in [-0.2, -0.15) is 0 Å². The molecule has 0 aliphatic heterocycles. The SMILES string of the molecule is CCCCCCCC/C=C\CCCCCCO.CCCCCCCC/C=C\CCOC(C)=O. The molecule has 0 atom stereocenters. The molecule has 0 aromatic rings. The van der Waals surface area contributed by atoms with E-state index in [0.717, 1.165) is 19.3 Å². The van der Waals surface area contributed by atoms with Gasteiger partial charge >= 0.3 is 5.97 Å². The second-order valence-electron chi connectivity index (χ2n) is 9.11. The molecule has 0 aromatic heterocycles. The summed E-state index contributed by atoms with van der Waals surface area (Å²) in [6.45, 7) is 6.82. The molecule has 196 valence electrons. The Morgan fingerprint density at radius 3 is 1.33 bits per heavy atom. The standard InChI is InChI=1S/C16H32O.C14H26O2/c1-2-3-4-5-6-7-8-9-10-11-12-13-14-15-16-17;1-3-4-5-6-7-8-9-10-11-12-13-16-14(2)15/h9-10,17H,2-8,11-16H2,1H3;10-11H,3-9,12-13H2,1-2H3/b10-9-;11-10-. The number of esters is 1. The van der Waals surface area contributed by atoms with Crippen molar-refractivity contribution in [3.63, 3.8) is 0 Å². The summed E-state index contributed by atoms with van der Waals surface area (Å²) in [6.07, 6.45) is 34.6. The molecule has 0 saturated heterocycles. The molecule has 0 saturated carbocycles. The molecule has 0 unspecified atom stereocenters. The number of carbonyl (C=O) groups is 1. The Kier molecular flexibility index (Phi) is 34.2. The lowest BCUT2D eigenvalue weighted by molar-refractivity contribution is -0.140. The van der Waals surface area contributed by atoms with Crippen molar-refractivity contribution in [2.24, 2.45) is 0 Å². The fraction of sp³-hybridized carbons (Fsp3) is 0.833. The number of hydrogen-bond donors (Lipinski definition) is 1. The fourth-order valence-electron chi connectivity index (χ4n) is 3.55. The van der Waals surface area contributed by atoms with Gasteiger partial charge in [-0.15, -0.1) is 0 Å². The zero-order chi connectivity index (χ0) is 24.7. The Morgan fingerprint density at radius 1 is 0.576 bits per heavy atom. The zero-order valence-corrected chi connectivity index (χ0v) is 22.6. The summed E-state index contributed by atoms with van der Waals surface area (Å²) in [5.74, 6) is -0.190. The van der Waals surface area contributed by atoms with Gasteiger partial charge in [0.05, 0.1) is 6.61 Å². The van der Waals surface area contributed by atoms with Gasteiger partial charge in [0.15, 0.2) is 0 Å². The van der Waals surface area contributed by atoms with Gasteiger partial charge in [-0.3, -0.25) is 4.79 Å². The van der Waals surface area contributed by atoms with E-state index >= 15 is 0 Å². The monoisotopic (exact) mass is 466 g/mol. The normalized spacial score (nSPS) is 11.2. The number of carbonyl (C=O) groups excluding carboxylic acids is 1. The average Bonchev–Trinajstić information content (AvgIpc) is 2.81. The van der Waals surface area contributed by atoms with E-state index in [2.05, 4.69) is 38.2 Å². The van der Waals surface area contributed by atoms with Crippen molar-refractivity contribution in [3.05, 3.63) is 24.3 Å². The van der Waals surface area contributed by atoms with Crippen LogP contribution in [0.3, 0.4) is 0 Å². The van der Waals surface area contributed by atoms with Crippen LogP contribution >= 0.6 is 0 Å². The topological polar surface area (TPSA) is 46.5 Å². The zero-order valence-electron chi connectivity index (χ0n) is 22.6. The van der Waals surface area contributed by atoms with Crippen LogP contribution < -0.4 is 0 Å². The summed E-state index contributed by atoms with van der Waals surface area (Å²) in [7, 11) is 0. The largest absolute Gasteiger partial charge is 0.466 e. The lowest BCUT2D eigenvalue weighted by Crippen LogP contribution is -1.98. The molecular weight excluding hydrogens is 408 g/mol. The second kappa shape index (κ2) is 33.1. The van der Waals surface area contributed by atoms with Gasteiger partial charge in [-0.05, 0) is 51.4 Å². The summed E-state index contributed by atoms with van der Waals surface area (Å²) in [5.41, 5.74) is 0. The maximum absolute atomic E-state index is 10.5. The molecule has 0 fully saturated rings. The van der Waals surface area contributed by atoms with Crippen molar-refractivity contribution in [2.75, 3.05) is 13.2 Å². The fourth-order valence-corrected chi connectivity index (χ4v) is 3.55. The number of hydrogen-bond acceptors (Lipinski definition) is 3. The van der Waals surface area contributed by atoms with Crippen LogP contribution in [0.4, 0.5) is 0 Å². The first-order chi connectivity index (χ1) is 16.2. The molecule has 3 nitrogen and oxygen atoms in total.